The van der Waals surface area contributed by atoms with E-state index >= 15 is 0 Å². The highest BCUT2D eigenvalue weighted by atomic mass is 19.1. The Hall–Kier alpha value is -2.47. The van der Waals surface area contributed by atoms with Gasteiger partial charge >= 0.3 is 0 Å². The molecule has 0 unspecified atom stereocenters. The van der Waals surface area contributed by atoms with Crippen LogP contribution in [0.4, 0.5) is 4.39 Å². The molecule has 0 bridgehead atoms. The van der Waals surface area contributed by atoms with Gasteiger partial charge < -0.3 is 0 Å². The molecule has 0 spiro atoms. The molecule has 0 fully saturated rings. The molecule has 0 amide bonds. The molecule has 0 atom stereocenters. The first-order valence-electron chi connectivity index (χ1n) is 5.49. The molecule has 3 heteroatoms. The van der Waals surface area contributed by atoms with Crippen molar-refractivity contribution >= 4 is 11.6 Å². The number of nitriles is 1. The Morgan fingerprint density at radius 2 is 2.11 bits per heavy atom. The predicted molar refractivity (Wildman–Crippen MR) is 68.9 cm³/mol. The molecule has 18 heavy (non-hydrogen) atoms. The third-order valence-corrected chi connectivity index (χ3v) is 2.64. The molecule has 0 N–H and O–H groups in total. The third-order valence-electron chi connectivity index (χ3n) is 2.64. The van der Waals surface area contributed by atoms with Crippen molar-refractivity contribution in [2.75, 3.05) is 0 Å². The first-order valence-corrected chi connectivity index (χ1v) is 5.49. The summed E-state index contributed by atoms with van der Waals surface area (Å²) in [5, 5.41) is 8.98. The Balaban J connectivity index is 2.46. The Kier molecular flexibility index (Phi) is 3.49. The fraction of sp³-hybridized carbons (Fsp3) is 0.0667. The summed E-state index contributed by atoms with van der Waals surface area (Å²) in [7, 11) is 0. The zero-order valence-electron chi connectivity index (χ0n) is 9.89. The van der Waals surface area contributed by atoms with Crippen molar-refractivity contribution < 1.29 is 4.39 Å². The molecule has 88 valence electrons. The van der Waals surface area contributed by atoms with Crippen LogP contribution in [0.2, 0.25) is 0 Å². The molecule has 0 radical (unpaired) electrons. The van der Waals surface area contributed by atoms with Crippen molar-refractivity contribution in [1.29, 1.82) is 5.26 Å². The SMILES string of the molecule is C/C(=C\c1cnccc1C#N)c1ccccc1F. The van der Waals surface area contributed by atoms with Crippen LogP contribution in [0, 0.1) is 17.1 Å². The van der Waals surface area contributed by atoms with Gasteiger partial charge in [-0.2, -0.15) is 5.26 Å². The fourth-order valence-electron chi connectivity index (χ4n) is 1.72. The molecule has 1 aromatic heterocycles. The number of allylic oxidation sites excluding steroid dienone is 1. The molecule has 0 aliphatic carbocycles. The lowest BCUT2D eigenvalue weighted by Gasteiger charge is -2.04. The van der Waals surface area contributed by atoms with Crippen molar-refractivity contribution in [2.24, 2.45) is 0 Å². The van der Waals surface area contributed by atoms with Crippen molar-refractivity contribution in [3.05, 3.63) is 65.2 Å². The molecule has 2 aromatic rings. The Morgan fingerprint density at radius 3 is 2.83 bits per heavy atom. The maximum atomic E-state index is 13.6. The molecule has 2 nitrogen and oxygen atoms in total. The fourth-order valence-corrected chi connectivity index (χ4v) is 1.72. The van der Waals surface area contributed by atoms with Gasteiger partial charge in [0.05, 0.1) is 11.6 Å². The van der Waals surface area contributed by atoms with Crippen LogP contribution in [0.15, 0.2) is 42.7 Å². The summed E-state index contributed by atoms with van der Waals surface area (Å²) in [4.78, 5) is 3.97. The van der Waals surface area contributed by atoms with Gasteiger partial charge in [0.25, 0.3) is 0 Å². The molecule has 0 saturated heterocycles. The van der Waals surface area contributed by atoms with Crippen LogP contribution in [0.5, 0.6) is 0 Å². The van der Waals surface area contributed by atoms with E-state index in [-0.39, 0.29) is 5.82 Å². The highest BCUT2D eigenvalue weighted by Gasteiger charge is 2.04. The van der Waals surface area contributed by atoms with E-state index in [1.54, 1.807) is 42.7 Å². The van der Waals surface area contributed by atoms with Gasteiger partial charge in [0.15, 0.2) is 0 Å². The zero-order valence-corrected chi connectivity index (χ0v) is 9.89. The summed E-state index contributed by atoms with van der Waals surface area (Å²) < 4.78 is 13.6. The molecule has 2 rings (SSSR count). The quantitative estimate of drug-likeness (QED) is 0.800. The van der Waals surface area contributed by atoms with Crippen molar-refractivity contribution in [3.63, 3.8) is 0 Å². The van der Waals surface area contributed by atoms with E-state index in [4.69, 9.17) is 5.26 Å². The number of nitrogens with zero attached hydrogens (tertiary/aromatic N) is 2. The summed E-state index contributed by atoms with van der Waals surface area (Å²) in [6.07, 6.45) is 4.93. The van der Waals surface area contributed by atoms with E-state index in [0.717, 1.165) is 5.57 Å². The van der Waals surface area contributed by atoms with Gasteiger partial charge in [0.2, 0.25) is 0 Å². The Morgan fingerprint density at radius 1 is 1.33 bits per heavy atom. The molecule has 0 saturated carbocycles. The minimum absolute atomic E-state index is 0.270. The van der Waals surface area contributed by atoms with Crippen molar-refractivity contribution in [3.8, 4) is 6.07 Å². The van der Waals surface area contributed by atoms with Crippen LogP contribution in [0.25, 0.3) is 11.6 Å². The molecular weight excluding hydrogens is 227 g/mol. The normalized spacial score (nSPS) is 11.1. The van der Waals surface area contributed by atoms with Gasteiger partial charge in [-0.05, 0) is 30.7 Å². The molecule has 0 aliphatic heterocycles. The van der Waals surface area contributed by atoms with E-state index < -0.39 is 0 Å². The summed E-state index contributed by atoms with van der Waals surface area (Å²) in [5.41, 5.74) is 2.52. The minimum atomic E-state index is -0.270. The summed E-state index contributed by atoms with van der Waals surface area (Å²) in [6, 6.07) is 10.3. The first kappa shape index (κ1) is 12.0. The van der Waals surface area contributed by atoms with E-state index in [9.17, 15) is 4.39 Å². The van der Waals surface area contributed by atoms with Crippen LogP contribution in [0.3, 0.4) is 0 Å². The van der Waals surface area contributed by atoms with Gasteiger partial charge in [-0.3, -0.25) is 4.98 Å². The summed E-state index contributed by atoms with van der Waals surface area (Å²) in [5.74, 6) is -0.270. The number of halogens is 1. The summed E-state index contributed by atoms with van der Waals surface area (Å²) in [6.45, 7) is 1.81. The number of benzene rings is 1. The number of hydrogen-bond donors (Lipinski definition) is 0. The topological polar surface area (TPSA) is 36.7 Å². The minimum Gasteiger partial charge on any atom is -0.264 e. The van der Waals surface area contributed by atoms with Gasteiger partial charge in [-0.1, -0.05) is 18.2 Å². The third kappa shape index (κ3) is 2.44. The monoisotopic (exact) mass is 238 g/mol. The van der Waals surface area contributed by atoms with Gasteiger partial charge in [0.1, 0.15) is 5.82 Å². The second-order valence-electron chi connectivity index (χ2n) is 3.88. The van der Waals surface area contributed by atoms with Crippen LogP contribution >= 0.6 is 0 Å². The van der Waals surface area contributed by atoms with Crippen LogP contribution in [-0.4, -0.2) is 4.98 Å². The lowest BCUT2D eigenvalue weighted by molar-refractivity contribution is 0.624. The van der Waals surface area contributed by atoms with Gasteiger partial charge in [-0.15, -0.1) is 0 Å². The maximum absolute atomic E-state index is 13.6. The van der Waals surface area contributed by atoms with Crippen LogP contribution in [-0.2, 0) is 0 Å². The van der Waals surface area contributed by atoms with E-state index in [2.05, 4.69) is 11.1 Å². The number of rotatable bonds is 2. The van der Waals surface area contributed by atoms with Crippen molar-refractivity contribution in [1.82, 2.24) is 4.98 Å². The van der Waals surface area contributed by atoms with Gasteiger partial charge in [0, 0.05) is 23.5 Å². The van der Waals surface area contributed by atoms with Crippen molar-refractivity contribution in [2.45, 2.75) is 6.92 Å². The molecule has 1 heterocycles. The second-order valence-corrected chi connectivity index (χ2v) is 3.88. The number of hydrogen-bond acceptors (Lipinski definition) is 2. The molecular formula is C15H11FN2. The average molecular weight is 238 g/mol. The van der Waals surface area contributed by atoms with E-state index in [1.165, 1.54) is 6.07 Å². The number of pyridine rings is 1. The summed E-state index contributed by atoms with van der Waals surface area (Å²) >= 11 is 0. The molecule has 1 aromatic carbocycles. The first-order chi connectivity index (χ1) is 8.72. The van der Waals surface area contributed by atoms with E-state index in [1.807, 2.05) is 6.92 Å². The predicted octanol–water partition coefficient (Wildman–Crippen LogP) is 3.65. The smallest absolute Gasteiger partial charge is 0.130 e. The lowest BCUT2D eigenvalue weighted by atomic mass is 10.0. The standard InChI is InChI=1S/C15H11FN2/c1-11(14-4-2-3-5-15(14)16)8-13-10-18-7-6-12(13)9-17/h2-8,10H,1H3/b11-8+. The van der Waals surface area contributed by atoms with E-state index in [0.29, 0.717) is 16.7 Å². The average Bonchev–Trinajstić information content (AvgIpc) is 2.39. The molecule has 0 aliphatic rings. The zero-order chi connectivity index (χ0) is 13.0. The van der Waals surface area contributed by atoms with Gasteiger partial charge in [-0.25, -0.2) is 4.39 Å². The highest BCUT2D eigenvalue weighted by molar-refractivity contribution is 5.81. The second kappa shape index (κ2) is 5.24. The van der Waals surface area contributed by atoms with Crippen LogP contribution in [0.1, 0.15) is 23.6 Å². The maximum Gasteiger partial charge on any atom is 0.130 e. The Labute approximate surface area is 105 Å². The highest BCUT2D eigenvalue weighted by Crippen LogP contribution is 2.21. The number of aromatic nitrogens is 1. The van der Waals surface area contributed by atoms with Crippen LogP contribution < -0.4 is 0 Å². The lowest BCUT2D eigenvalue weighted by Crippen LogP contribution is -1.88. The largest absolute Gasteiger partial charge is 0.264 e. The Bertz CT molecular complexity index is 639.